The first-order valence-electron chi connectivity index (χ1n) is 4.35. The van der Waals surface area contributed by atoms with Crippen LogP contribution in [0.4, 0.5) is 10.1 Å². The van der Waals surface area contributed by atoms with Crippen LogP contribution in [0.5, 0.6) is 0 Å². The molecule has 16 heavy (non-hydrogen) atoms. The Kier molecular flexibility index (Phi) is 4.10. The Hall–Kier alpha value is -1.32. The summed E-state index contributed by atoms with van der Waals surface area (Å²) >= 11 is 5.91. The van der Waals surface area contributed by atoms with E-state index in [4.69, 9.17) is 17.3 Å². The first-order valence-corrected chi connectivity index (χ1v) is 4.73. The van der Waals surface area contributed by atoms with Crippen LogP contribution >= 0.6 is 24.0 Å². The number of rotatable bonds is 1. The standard InChI is InChI=1S/C11H8ClFN2.ClH/c12-8-4-2-6-15-11(8)7-3-1-5-9(14)10(7)13;/h1-6H,14H2;1H. The van der Waals surface area contributed by atoms with Gasteiger partial charge in [-0.25, -0.2) is 4.39 Å². The van der Waals surface area contributed by atoms with Gasteiger partial charge in [-0.3, -0.25) is 4.98 Å². The van der Waals surface area contributed by atoms with Gasteiger partial charge in [0.05, 0.1) is 16.4 Å². The van der Waals surface area contributed by atoms with Crippen LogP contribution in [0.25, 0.3) is 11.3 Å². The molecule has 0 bridgehead atoms. The van der Waals surface area contributed by atoms with E-state index in [-0.39, 0.29) is 18.1 Å². The molecule has 2 nitrogen and oxygen atoms in total. The molecule has 0 spiro atoms. The minimum absolute atomic E-state index is 0. The zero-order valence-corrected chi connectivity index (χ0v) is 9.73. The second-order valence-corrected chi connectivity index (χ2v) is 3.45. The van der Waals surface area contributed by atoms with Crippen molar-refractivity contribution < 1.29 is 4.39 Å². The fourth-order valence-electron chi connectivity index (χ4n) is 1.32. The summed E-state index contributed by atoms with van der Waals surface area (Å²) in [6.07, 6.45) is 1.56. The molecule has 0 radical (unpaired) electrons. The Morgan fingerprint density at radius 2 is 1.94 bits per heavy atom. The van der Waals surface area contributed by atoms with Gasteiger partial charge in [-0.1, -0.05) is 17.7 Å². The molecule has 0 aliphatic rings. The lowest BCUT2D eigenvalue weighted by atomic mass is 10.1. The van der Waals surface area contributed by atoms with Crippen LogP contribution in [0.15, 0.2) is 36.5 Å². The number of aromatic nitrogens is 1. The summed E-state index contributed by atoms with van der Waals surface area (Å²) in [7, 11) is 0. The number of benzene rings is 1. The normalized spacial score (nSPS) is 9.62. The Morgan fingerprint density at radius 1 is 1.19 bits per heavy atom. The van der Waals surface area contributed by atoms with Crippen molar-refractivity contribution in [2.45, 2.75) is 0 Å². The van der Waals surface area contributed by atoms with Crippen molar-refractivity contribution in [1.82, 2.24) is 4.98 Å². The molecular formula is C11H9Cl2FN2. The van der Waals surface area contributed by atoms with Gasteiger partial charge in [-0.15, -0.1) is 12.4 Å². The predicted octanol–water partition coefficient (Wildman–Crippen LogP) is 3.55. The third-order valence-corrected chi connectivity index (χ3v) is 2.35. The van der Waals surface area contributed by atoms with E-state index in [2.05, 4.69) is 4.98 Å². The molecule has 0 amide bonds. The van der Waals surface area contributed by atoms with Gasteiger partial charge in [0.2, 0.25) is 0 Å². The first kappa shape index (κ1) is 12.7. The van der Waals surface area contributed by atoms with Gasteiger partial charge in [0.25, 0.3) is 0 Å². The average Bonchev–Trinajstić information content (AvgIpc) is 2.23. The van der Waals surface area contributed by atoms with E-state index in [0.29, 0.717) is 16.3 Å². The van der Waals surface area contributed by atoms with Crippen LogP contribution in [0.1, 0.15) is 0 Å². The largest absolute Gasteiger partial charge is 0.396 e. The fourth-order valence-corrected chi connectivity index (χ4v) is 1.54. The molecule has 1 aromatic heterocycles. The van der Waals surface area contributed by atoms with Crippen LogP contribution in [0, 0.1) is 5.82 Å². The number of hydrogen-bond donors (Lipinski definition) is 1. The van der Waals surface area contributed by atoms with Gasteiger partial charge in [0.1, 0.15) is 0 Å². The molecule has 0 atom stereocenters. The van der Waals surface area contributed by atoms with Crippen molar-refractivity contribution in [3.8, 4) is 11.3 Å². The van der Waals surface area contributed by atoms with Gasteiger partial charge in [-0.05, 0) is 24.3 Å². The van der Waals surface area contributed by atoms with Crippen LogP contribution in [0.3, 0.4) is 0 Å². The van der Waals surface area contributed by atoms with E-state index in [1.807, 2.05) is 0 Å². The van der Waals surface area contributed by atoms with Gasteiger partial charge in [0.15, 0.2) is 5.82 Å². The van der Waals surface area contributed by atoms with Crippen molar-refractivity contribution in [3.05, 3.63) is 47.4 Å². The molecule has 1 heterocycles. The lowest BCUT2D eigenvalue weighted by molar-refractivity contribution is 0.635. The number of nitrogens with zero attached hydrogens (tertiary/aromatic N) is 1. The molecule has 1 aromatic carbocycles. The SMILES string of the molecule is Cl.Nc1cccc(-c2ncccc2Cl)c1F. The molecule has 5 heteroatoms. The van der Waals surface area contributed by atoms with Crippen LogP contribution in [-0.2, 0) is 0 Å². The molecule has 84 valence electrons. The third kappa shape index (κ3) is 2.26. The molecule has 0 fully saturated rings. The van der Waals surface area contributed by atoms with Gasteiger partial charge >= 0.3 is 0 Å². The first-order chi connectivity index (χ1) is 7.20. The molecule has 0 aliphatic carbocycles. The van der Waals surface area contributed by atoms with E-state index in [0.717, 1.165) is 0 Å². The van der Waals surface area contributed by atoms with Crippen molar-refractivity contribution in [1.29, 1.82) is 0 Å². The molecule has 2 rings (SSSR count). The van der Waals surface area contributed by atoms with Crippen LogP contribution in [0.2, 0.25) is 5.02 Å². The lowest BCUT2D eigenvalue weighted by Gasteiger charge is -2.05. The van der Waals surface area contributed by atoms with Crippen molar-refractivity contribution >= 4 is 29.7 Å². The number of nitrogens with two attached hydrogens (primary N) is 1. The van der Waals surface area contributed by atoms with Crippen molar-refractivity contribution in [2.75, 3.05) is 5.73 Å². The van der Waals surface area contributed by atoms with Crippen LogP contribution < -0.4 is 5.73 Å². The number of anilines is 1. The summed E-state index contributed by atoms with van der Waals surface area (Å²) in [5, 5.41) is 0.405. The third-order valence-electron chi connectivity index (χ3n) is 2.04. The maximum atomic E-state index is 13.6. The van der Waals surface area contributed by atoms with Crippen LogP contribution in [-0.4, -0.2) is 4.98 Å². The number of nitrogen functional groups attached to an aromatic ring is 1. The van der Waals surface area contributed by atoms with E-state index >= 15 is 0 Å². The van der Waals surface area contributed by atoms with E-state index in [9.17, 15) is 4.39 Å². The number of hydrogen-bond acceptors (Lipinski definition) is 2. The second-order valence-electron chi connectivity index (χ2n) is 3.04. The molecule has 0 unspecified atom stereocenters. The Labute approximate surface area is 104 Å². The summed E-state index contributed by atoms with van der Waals surface area (Å²) in [6, 6.07) is 8.11. The molecule has 2 N–H and O–H groups in total. The molecule has 2 aromatic rings. The fraction of sp³-hybridized carbons (Fsp3) is 0. The monoisotopic (exact) mass is 258 g/mol. The second kappa shape index (κ2) is 5.14. The topological polar surface area (TPSA) is 38.9 Å². The Morgan fingerprint density at radius 3 is 2.62 bits per heavy atom. The average molecular weight is 259 g/mol. The zero-order valence-electron chi connectivity index (χ0n) is 8.15. The highest BCUT2D eigenvalue weighted by molar-refractivity contribution is 6.33. The maximum absolute atomic E-state index is 13.6. The number of halogens is 3. The minimum Gasteiger partial charge on any atom is -0.396 e. The highest BCUT2D eigenvalue weighted by Gasteiger charge is 2.11. The highest BCUT2D eigenvalue weighted by atomic mass is 35.5. The van der Waals surface area contributed by atoms with Gasteiger partial charge < -0.3 is 5.73 Å². The quantitative estimate of drug-likeness (QED) is 0.795. The van der Waals surface area contributed by atoms with Gasteiger partial charge in [-0.2, -0.15) is 0 Å². The smallest absolute Gasteiger partial charge is 0.155 e. The summed E-state index contributed by atoms with van der Waals surface area (Å²) in [4.78, 5) is 4.02. The van der Waals surface area contributed by atoms with E-state index in [1.165, 1.54) is 6.07 Å². The Bertz CT molecular complexity index is 503. The van der Waals surface area contributed by atoms with Crippen molar-refractivity contribution in [2.24, 2.45) is 0 Å². The summed E-state index contributed by atoms with van der Waals surface area (Å²) in [5.41, 5.74) is 6.28. The molecule has 0 aliphatic heterocycles. The zero-order chi connectivity index (χ0) is 10.8. The molecule has 0 saturated heterocycles. The Balaban J connectivity index is 0.00000128. The van der Waals surface area contributed by atoms with E-state index < -0.39 is 5.82 Å². The predicted molar refractivity (Wildman–Crippen MR) is 66.3 cm³/mol. The molecule has 0 saturated carbocycles. The van der Waals surface area contributed by atoms with E-state index in [1.54, 1.807) is 30.5 Å². The van der Waals surface area contributed by atoms with Gasteiger partial charge in [0, 0.05) is 11.8 Å². The molecular weight excluding hydrogens is 250 g/mol. The maximum Gasteiger partial charge on any atom is 0.155 e. The summed E-state index contributed by atoms with van der Waals surface area (Å²) in [6.45, 7) is 0. The lowest BCUT2D eigenvalue weighted by Crippen LogP contribution is -1.94. The van der Waals surface area contributed by atoms with Crippen molar-refractivity contribution in [3.63, 3.8) is 0 Å². The number of pyridine rings is 1. The summed E-state index contributed by atoms with van der Waals surface area (Å²) in [5.74, 6) is -0.488. The minimum atomic E-state index is -0.488. The summed E-state index contributed by atoms with van der Waals surface area (Å²) < 4.78 is 13.6. The highest BCUT2D eigenvalue weighted by Crippen LogP contribution is 2.29.